The lowest BCUT2D eigenvalue weighted by Crippen LogP contribution is -2.45. The summed E-state index contributed by atoms with van der Waals surface area (Å²) in [4.78, 5) is 29.4. The van der Waals surface area contributed by atoms with E-state index in [-0.39, 0.29) is 11.8 Å². The average molecular weight is 360 g/mol. The van der Waals surface area contributed by atoms with Crippen molar-refractivity contribution in [2.24, 2.45) is 5.41 Å². The van der Waals surface area contributed by atoms with E-state index in [0.717, 1.165) is 38.5 Å². The van der Waals surface area contributed by atoms with Gasteiger partial charge in [-0.15, -0.1) is 0 Å². The van der Waals surface area contributed by atoms with Crippen molar-refractivity contribution in [2.45, 2.75) is 12.8 Å². The van der Waals surface area contributed by atoms with Gasteiger partial charge in [0.25, 0.3) is 0 Å². The lowest BCUT2D eigenvalue weighted by molar-refractivity contribution is -0.134. The zero-order valence-electron chi connectivity index (χ0n) is 15.6. The van der Waals surface area contributed by atoms with Crippen molar-refractivity contribution < 1.29 is 14.3 Å². The smallest absolute Gasteiger partial charge is 0.240 e. The SMILES string of the molecule is CN(C)c1ccc(NC(=O)C2(C(=O)NCCN3CCOCC3)CC2)cc1. The first-order valence-electron chi connectivity index (χ1n) is 9.18. The van der Waals surface area contributed by atoms with Crippen LogP contribution in [0.25, 0.3) is 0 Å². The van der Waals surface area contributed by atoms with E-state index < -0.39 is 5.41 Å². The number of ether oxygens (including phenoxy) is 1. The van der Waals surface area contributed by atoms with Crippen LogP contribution < -0.4 is 15.5 Å². The number of carbonyl (C=O) groups excluding carboxylic acids is 2. The molecule has 1 aliphatic heterocycles. The van der Waals surface area contributed by atoms with Crippen LogP contribution in [-0.2, 0) is 14.3 Å². The van der Waals surface area contributed by atoms with Gasteiger partial charge in [0, 0.05) is 51.6 Å². The van der Waals surface area contributed by atoms with Crippen molar-refractivity contribution in [2.75, 3.05) is 63.7 Å². The van der Waals surface area contributed by atoms with E-state index in [4.69, 9.17) is 4.74 Å². The maximum absolute atomic E-state index is 12.6. The largest absolute Gasteiger partial charge is 0.379 e. The second-order valence-corrected chi connectivity index (χ2v) is 7.19. The molecule has 1 heterocycles. The Hall–Kier alpha value is -2.12. The summed E-state index contributed by atoms with van der Waals surface area (Å²) in [6.07, 6.45) is 1.22. The number of anilines is 2. The van der Waals surface area contributed by atoms with E-state index >= 15 is 0 Å². The van der Waals surface area contributed by atoms with Crippen molar-refractivity contribution in [3.63, 3.8) is 0 Å². The van der Waals surface area contributed by atoms with Crippen LogP contribution in [-0.4, -0.2) is 70.2 Å². The molecule has 0 spiro atoms. The molecule has 7 heteroatoms. The fraction of sp³-hybridized carbons (Fsp3) is 0.579. The maximum atomic E-state index is 12.6. The Kier molecular flexibility index (Phi) is 5.78. The van der Waals surface area contributed by atoms with Crippen molar-refractivity contribution >= 4 is 23.2 Å². The number of carbonyl (C=O) groups is 2. The molecule has 2 fully saturated rings. The summed E-state index contributed by atoms with van der Waals surface area (Å²) in [5.41, 5.74) is 0.878. The Morgan fingerprint density at radius 2 is 1.77 bits per heavy atom. The highest BCUT2D eigenvalue weighted by molar-refractivity contribution is 6.13. The van der Waals surface area contributed by atoms with Crippen molar-refractivity contribution in [1.82, 2.24) is 10.2 Å². The molecule has 0 bridgehead atoms. The van der Waals surface area contributed by atoms with Gasteiger partial charge in [0.1, 0.15) is 5.41 Å². The fourth-order valence-corrected chi connectivity index (χ4v) is 3.10. The monoisotopic (exact) mass is 360 g/mol. The summed E-state index contributed by atoms with van der Waals surface area (Å²) in [6.45, 7) is 4.62. The van der Waals surface area contributed by atoms with E-state index in [1.54, 1.807) is 0 Å². The van der Waals surface area contributed by atoms with E-state index in [1.165, 1.54) is 0 Å². The van der Waals surface area contributed by atoms with Crippen LogP contribution >= 0.6 is 0 Å². The Bertz CT molecular complexity index is 635. The molecule has 0 unspecified atom stereocenters. The van der Waals surface area contributed by atoms with E-state index in [2.05, 4.69) is 15.5 Å². The minimum Gasteiger partial charge on any atom is -0.379 e. The lowest BCUT2D eigenvalue weighted by Gasteiger charge is -2.26. The molecule has 1 saturated heterocycles. The highest BCUT2D eigenvalue weighted by atomic mass is 16.5. The molecule has 2 N–H and O–H groups in total. The van der Waals surface area contributed by atoms with Gasteiger partial charge >= 0.3 is 0 Å². The zero-order chi connectivity index (χ0) is 18.6. The molecule has 1 saturated carbocycles. The van der Waals surface area contributed by atoms with E-state index in [9.17, 15) is 9.59 Å². The molecule has 0 radical (unpaired) electrons. The van der Waals surface area contributed by atoms with Crippen LogP contribution in [0.5, 0.6) is 0 Å². The molecule has 1 aliphatic carbocycles. The molecular formula is C19H28N4O3. The molecule has 26 heavy (non-hydrogen) atoms. The zero-order valence-corrected chi connectivity index (χ0v) is 15.6. The summed E-state index contributed by atoms with van der Waals surface area (Å²) >= 11 is 0. The second kappa shape index (κ2) is 8.05. The molecule has 1 aromatic rings. The first-order valence-corrected chi connectivity index (χ1v) is 9.18. The normalized spacial score (nSPS) is 18.8. The Morgan fingerprint density at radius 3 is 2.35 bits per heavy atom. The minimum atomic E-state index is -0.898. The molecule has 2 aliphatic rings. The molecule has 1 aromatic carbocycles. The number of nitrogens with zero attached hydrogens (tertiary/aromatic N) is 2. The molecule has 0 atom stereocenters. The van der Waals surface area contributed by atoms with Crippen molar-refractivity contribution in [3.8, 4) is 0 Å². The topological polar surface area (TPSA) is 73.9 Å². The Morgan fingerprint density at radius 1 is 1.12 bits per heavy atom. The molecule has 0 aromatic heterocycles. The first kappa shape index (κ1) is 18.7. The number of nitrogens with one attached hydrogen (secondary N) is 2. The highest BCUT2D eigenvalue weighted by Gasteiger charge is 2.56. The van der Waals surface area contributed by atoms with Crippen molar-refractivity contribution in [3.05, 3.63) is 24.3 Å². The quantitative estimate of drug-likeness (QED) is 0.708. The average Bonchev–Trinajstić information content (AvgIpc) is 3.45. The maximum Gasteiger partial charge on any atom is 0.240 e. The molecule has 142 valence electrons. The van der Waals surface area contributed by atoms with Gasteiger partial charge in [0.2, 0.25) is 11.8 Å². The summed E-state index contributed by atoms with van der Waals surface area (Å²) in [5.74, 6) is -0.368. The van der Waals surface area contributed by atoms with Crippen LogP contribution in [0.2, 0.25) is 0 Å². The number of hydrogen-bond donors (Lipinski definition) is 2. The third-order valence-corrected chi connectivity index (χ3v) is 5.08. The van der Waals surface area contributed by atoms with Crippen LogP contribution in [0, 0.1) is 5.41 Å². The van der Waals surface area contributed by atoms with Gasteiger partial charge in [-0.1, -0.05) is 0 Å². The molecule has 3 rings (SSSR count). The highest BCUT2D eigenvalue weighted by Crippen LogP contribution is 2.46. The number of amides is 2. The summed E-state index contributed by atoms with van der Waals surface area (Å²) in [7, 11) is 3.93. The number of hydrogen-bond acceptors (Lipinski definition) is 5. The molecule has 2 amide bonds. The van der Waals surface area contributed by atoms with Crippen LogP contribution in [0.4, 0.5) is 11.4 Å². The third kappa shape index (κ3) is 4.34. The number of morpholine rings is 1. The Labute approximate surface area is 154 Å². The van der Waals surface area contributed by atoms with Crippen LogP contribution in [0.1, 0.15) is 12.8 Å². The van der Waals surface area contributed by atoms with Gasteiger partial charge in [-0.2, -0.15) is 0 Å². The van der Waals surface area contributed by atoms with Crippen LogP contribution in [0.15, 0.2) is 24.3 Å². The third-order valence-electron chi connectivity index (χ3n) is 5.08. The van der Waals surface area contributed by atoms with E-state index in [0.29, 0.717) is 25.1 Å². The number of benzene rings is 1. The second-order valence-electron chi connectivity index (χ2n) is 7.19. The number of rotatable bonds is 7. The standard InChI is InChI=1S/C19H28N4O3/c1-22(2)16-5-3-15(4-6-16)21-18(25)19(7-8-19)17(24)20-9-10-23-11-13-26-14-12-23/h3-6H,7-14H2,1-2H3,(H,20,24)(H,21,25). The summed E-state index contributed by atoms with van der Waals surface area (Å²) < 4.78 is 5.32. The Balaban J connectivity index is 1.48. The summed E-state index contributed by atoms with van der Waals surface area (Å²) in [6, 6.07) is 7.61. The predicted octanol–water partition coefficient (Wildman–Crippen LogP) is 0.920. The van der Waals surface area contributed by atoms with Gasteiger partial charge in [-0.3, -0.25) is 14.5 Å². The van der Waals surface area contributed by atoms with Crippen molar-refractivity contribution in [1.29, 1.82) is 0 Å². The van der Waals surface area contributed by atoms with Gasteiger partial charge in [-0.25, -0.2) is 0 Å². The van der Waals surface area contributed by atoms with Gasteiger partial charge in [-0.05, 0) is 37.1 Å². The fourth-order valence-electron chi connectivity index (χ4n) is 3.10. The molecular weight excluding hydrogens is 332 g/mol. The van der Waals surface area contributed by atoms with Gasteiger partial charge in [0.05, 0.1) is 13.2 Å². The van der Waals surface area contributed by atoms with Gasteiger partial charge in [0.15, 0.2) is 0 Å². The molecule has 7 nitrogen and oxygen atoms in total. The summed E-state index contributed by atoms with van der Waals surface area (Å²) in [5, 5.41) is 5.82. The minimum absolute atomic E-state index is 0.159. The van der Waals surface area contributed by atoms with E-state index in [1.807, 2.05) is 43.3 Å². The lowest BCUT2D eigenvalue weighted by atomic mass is 10.0. The predicted molar refractivity (Wildman–Crippen MR) is 101 cm³/mol. The van der Waals surface area contributed by atoms with Gasteiger partial charge < -0.3 is 20.3 Å². The van der Waals surface area contributed by atoms with Crippen LogP contribution in [0.3, 0.4) is 0 Å². The first-order chi connectivity index (χ1) is 12.5.